The van der Waals surface area contributed by atoms with E-state index in [-0.39, 0.29) is 5.56 Å². The number of piperazine rings is 1. The number of hydrogen-bond acceptors (Lipinski definition) is 7. The SMILES string of the molecule is Cn1ccnc(N2CCN(c3ccc(-n4cccn4)nn3)CC2)c1=O. The van der Waals surface area contributed by atoms with Gasteiger partial charge in [0.1, 0.15) is 0 Å². The van der Waals surface area contributed by atoms with Crippen LogP contribution in [0.2, 0.25) is 0 Å². The quantitative estimate of drug-likeness (QED) is 0.669. The summed E-state index contributed by atoms with van der Waals surface area (Å²) < 4.78 is 3.22. The Hall–Kier alpha value is -3.23. The minimum Gasteiger partial charge on any atom is -0.352 e. The van der Waals surface area contributed by atoms with E-state index in [1.165, 1.54) is 0 Å². The van der Waals surface area contributed by atoms with E-state index in [1.807, 2.05) is 29.3 Å². The number of rotatable bonds is 3. The highest BCUT2D eigenvalue weighted by molar-refractivity contribution is 5.44. The predicted molar refractivity (Wildman–Crippen MR) is 93.1 cm³/mol. The van der Waals surface area contributed by atoms with Crippen molar-refractivity contribution in [1.29, 1.82) is 0 Å². The molecule has 1 saturated heterocycles. The summed E-state index contributed by atoms with van der Waals surface area (Å²) in [6.45, 7) is 2.95. The van der Waals surface area contributed by atoms with Gasteiger partial charge in [-0.1, -0.05) is 0 Å². The Kier molecular flexibility index (Phi) is 3.88. The van der Waals surface area contributed by atoms with Crippen LogP contribution in [-0.4, -0.2) is 55.7 Å². The van der Waals surface area contributed by atoms with Gasteiger partial charge in [0.25, 0.3) is 5.56 Å². The zero-order valence-corrected chi connectivity index (χ0v) is 13.9. The third-order valence-electron chi connectivity index (χ3n) is 4.28. The van der Waals surface area contributed by atoms with Gasteiger partial charge in [0, 0.05) is 58.0 Å². The molecule has 3 aromatic rings. The molecule has 1 aliphatic rings. The Labute approximate surface area is 144 Å². The number of aromatic nitrogens is 6. The summed E-state index contributed by atoms with van der Waals surface area (Å²) in [5.41, 5.74) is -0.0701. The van der Waals surface area contributed by atoms with E-state index in [9.17, 15) is 4.79 Å². The fourth-order valence-corrected chi connectivity index (χ4v) is 2.86. The monoisotopic (exact) mass is 338 g/mol. The van der Waals surface area contributed by atoms with Crippen molar-refractivity contribution in [3.63, 3.8) is 0 Å². The molecule has 0 saturated carbocycles. The molecule has 4 rings (SSSR count). The maximum absolute atomic E-state index is 12.2. The van der Waals surface area contributed by atoms with E-state index in [2.05, 4.69) is 25.2 Å². The molecule has 0 bridgehead atoms. The van der Waals surface area contributed by atoms with Crippen LogP contribution in [0.4, 0.5) is 11.6 Å². The smallest absolute Gasteiger partial charge is 0.293 e. The Morgan fingerprint density at radius 1 is 0.920 bits per heavy atom. The van der Waals surface area contributed by atoms with Crippen molar-refractivity contribution < 1.29 is 0 Å². The van der Waals surface area contributed by atoms with Crippen LogP contribution in [0.5, 0.6) is 0 Å². The highest BCUT2D eigenvalue weighted by atomic mass is 16.1. The summed E-state index contributed by atoms with van der Waals surface area (Å²) in [7, 11) is 1.74. The van der Waals surface area contributed by atoms with Crippen molar-refractivity contribution in [2.45, 2.75) is 0 Å². The van der Waals surface area contributed by atoms with Gasteiger partial charge in [-0.15, -0.1) is 10.2 Å². The van der Waals surface area contributed by atoms with Crippen LogP contribution in [0, 0.1) is 0 Å². The molecular formula is C16H18N8O. The summed E-state index contributed by atoms with van der Waals surface area (Å²) in [4.78, 5) is 20.6. The lowest BCUT2D eigenvalue weighted by molar-refractivity contribution is 0.630. The van der Waals surface area contributed by atoms with E-state index in [4.69, 9.17) is 0 Å². The lowest BCUT2D eigenvalue weighted by Gasteiger charge is -2.35. The molecule has 0 N–H and O–H groups in total. The summed E-state index contributed by atoms with van der Waals surface area (Å²) in [5, 5.41) is 12.7. The summed E-state index contributed by atoms with van der Waals surface area (Å²) in [6.07, 6.45) is 6.86. The highest BCUT2D eigenvalue weighted by Crippen LogP contribution is 2.15. The molecule has 1 aliphatic heterocycles. The molecule has 0 radical (unpaired) electrons. The zero-order chi connectivity index (χ0) is 17.2. The summed E-state index contributed by atoms with van der Waals surface area (Å²) in [6, 6.07) is 5.69. The van der Waals surface area contributed by atoms with Crippen molar-refractivity contribution in [1.82, 2.24) is 29.5 Å². The second-order valence-electron chi connectivity index (χ2n) is 5.84. The number of nitrogens with zero attached hydrogens (tertiary/aromatic N) is 8. The molecule has 4 heterocycles. The molecule has 128 valence electrons. The van der Waals surface area contributed by atoms with E-state index >= 15 is 0 Å². The van der Waals surface area contributed by atoms with E-state index < -0.39 is 0 Å². The molecule has 25 heavy (non-hydrogen) atoms. The molecule has 0 spiro atoms. The van der Waals surface area contributed by atoms with Crippen LogP contribution in [0.1, 0.15) is 0 Å². The van der Waals surface area contributed by atoms with Crippen LogP contribution in [0.3, 0.4) is 0 Å². The molecule has 0 amide bonds. The Morgan fingerprint density at radius 2 is 1.64 bits per heavy atom. The lowest BCUT2D eigenvalue weighted by atomic mass is 10.3. The van der Waals surface area contributed by atoms with Gasteiger partial charge in [0.15, 0.2) is 17.5 Å². The van der Waals surface area contributed by atoms with Crippen molar-refractivity contribution in [3.05, 3.63) is 53.3 Å². The van der Waals surface area contributed by atoms with Crippen molar-refractivity contribution in [2.75, 3.05) is 36.0 Å². The van der Waals surface area contributed by atoms with Gasteiger partial charge in [-0.2, -0.15) is 5.10 Å². The third kappa shape index (κ3) is 2.95. The topological polar surface area (TPSA) is 85.0 Å². The molecule has 1 fully saturated rings. The van der Waals surface area contributed by atoms with Gasteiger partial charge in [-0.3, -0.25) is 4.79 Å². The molecule has 3 aromatic heterocycles. The first kappa shape index (κ1) is 15.3. The summed E-state index contributed by atoms with van der Waals surface area (Å²) in [5.74, 6) is 2.01. The summed E-state index contributed by atoms with van der Waals surface area (Å²) >= 11 is 0. The van der Waals surface area contributed by atoms with Gasteiger partial charge in [0.05, 0.1) is 0 Å². The van der Waals surface area contributed by atoms with Crippen LogP contribution >= 0.6 is 0 Å². The minimum atomic E-state index is -0.0701. The normalized spacial score (nSPS) is 14.8. The van der Waals surface area contributed by atoms with Crippen molar-refractivity contribution in [3.8, 4) is 5.82 Å². The highest BCUT2D eigenvalue weighted by Gasteiger charge is 2.21. The van der Waals surface area contributed by atoms with Crippen molar-refractivity contribution >= 4 is 11.6 Å². The predicted octanol–water partition coefficient (Wildman–Crippen LogP) is 0.0826. The zero-order valence-electron chi connectivity index (χ0n) is 13.9. The number of aryl methyl sites for hydroxylation is 1. The van der Waals surface area contributed by atoms with E-state index in [0.29, 0.717) is 11.6 Å². The Morgan fingerprint density at radius 3 is 2.32 bits per heavy atom. The largest absolute Gasteiger partial charge is 0.352 e. The standard InChI is InChI=1S/C16H18N8O/c1-21-8-6-17-15(16(21)25)23-11-9-22(10-12-23)13-3-4-14(20-19-13)24-7-2-5-18-24/h2-8H,9-12H2,1H3. The van der Waals surface area contributed by atoms with Gasteiger partial charge in [0.2, 0.25) is 0 Å². The maximum atomic E-state index is 12.2. The molecule has 9 nitrogen and oxygen atoms in total. The first-order chi connectivity index (χ1) is 12.2. The third-order valence-corrected chi connectivity index (χ3v) is 4.28. The fourth-order valence-electron chi connectivity index (χ4n) is 2.86. The molecule has 0 unspecified atom stereocenters. The molecule has 0 aliphatic carbocycles. The average Bonchev–Trinajstić information content (AvgIpc) is 3.19. The lowest BCUT2D eigenvalue weighted by Crippen LogP contribution is -2.49. The van der Waals surface area contributed by atoms with Crippen LogP contribution in [0.15, 0.2) is 47.8 Å². The van der Waals surface area contributed by atoms with Gasteiger partial charge < -0.3 is 14.4 Å². The first-order valence-corrected chi connectivity index (χ1v) is 8.07. The van der Waals surface area contributed by atoms with Gasteiger partial charge in [-0.05, 0) is 18.2 Å². The Bertz CT molecular complexity index is 895. The molecule has 0 atom stereocenters. The maximum Gasteiger partial charge on any atom is 0.293 e. The second-order valence-corrected chi connectivity index (χ2v) is 5.84. The fraction of sp³-hybridized carbons (Fsp3) is 0.312. The Balaban J connectivity index is 1.45. The van der Waals surface area contributed by atoms with E-state index in [1.54, 1.807) is 34.9 Å². The van der Waals surface area contributed by atoms with Crippen LogP contribution < -0.4 is 15.4 Å². The first-order valence-electron chi connectivity index (χ1n) is 8.07. The van der Waals surface area contributed by atoms with Crippen molar-refractivity contribution in [2.24, 2.45) is 7.05 Å². The van der Waals surface area contributed by atoms with E-state index in [0.717, 1.165) is 32.0 Å². The average molecular weight is 338 g/mol. The van der Waals surface area contributed by atoms with Crippen LogP contribution in [-0.2, 0) is 7.05 Å². The van der Waals surface area contributed by atoms with Gasteiger partial charge in [-0.25, -0.2) is 9.67 Å². The van der Waals surface area contributed by atoms with Crippen LogP contribution in [0.25, 0.3) is 5.82 Å². The van der Waals surface area contributed by atoms with Gasteiger partial charge >= 0.3 is 0 Å². The second kappa shape index (κ2) is 6.34. The minimum absolute atomic E-state index is 0.0701. The molecule has 9 heteroatoms. The molecular weight excluding hydrogens is 320 g/mol. The molecule has 0 aromatic carbocycles. The number of hydrogen-bond donors (Lipinski definition) is 0. The number of anilines is 2.